The number of hydrogen-bond donors (Lipinski definition) is 1. The fourth-order valence-electron chi connectivity index (χ4n) is 2.61. The second-order valence-electron chi connectivity index (χ2n) is 5.11. The Hall–Kier alpha value is -2.21. The van der Waals surface area contributed by atoms with Gasteiger partial charge in [-0.05, 0) is 25.6 Å². The second-order valence-corrected chi connectivity index (χ2v) is 5.11. The number of likely N-dealkylation sites (N-methyl/N-ethyl adjacent to an activating group) is 1. The lowest BCUT2D eigenvalue weighted by Crippen LogP contribution is -2.24. The molecule has 2 heterocycles. The van der Waals surface area contributed by atoms with Gasteiger partial charge in [-0.25, -0.2) is 9.67 Å². The Morgan fingerprint density at radius 3 is 2.95 bits per heavy atom. The summed E-state index contributed by atoms with van der Waals surface area (Å²) in [6.07, 6.45) is 4.78. The van der Waals surface area contributed by atoms with E-state index in [1.807, 2.05) is 42.5 Å². The lowest BCUT2D eigenvalue weighted by molar-refractivity contribution is 0.451. The second kappa shape index (κ2) is 6.05. The minimum absolute atomic E-state index is 0.157. The maximum Gasteiger partial charge on any atom is 0.0958 e. The Labute approximate surface area is 123 Å². The Balaban J connectivity index is 1.89. The van der Waals surface area contributed by atoms with E-state index in [1.54, 1.807) is 0 Å². The van der Waals surface area contributed by atoms with Gasteiger partial charge >= 0.3 is 0 Å². The molecule has 0 radical (unpaired) electrons. The first-order valence-corrected chi connectivity index (χ1v) is 7.29. The van der Waals surface area contributed by atoms with E-state index < -0.39 is 0 Å². The van der Waals surface area contributed by atoms with E-state index in [2.05, 4.69) is 38.2 Å². The first kappa shape index (κ1) is 13.8. The number of fused-ring (bicyclic) bond motifs is 1. The van der Waals surface area contributed by atoms with Crippen LogP contribution < -0.4 is 5.32 Å². The first-order valence-electron chi connectivity index (χ1n) is 7.29. The molecular formula is C15H20N6. The molecule has 1 unspecified atom stereocenters. The number of imidazole rings is 1. The zero-order valence-electron chi connectivity index (χ0n) is 12.4. The zero-order chi connectivity index (χ0) is 14.7. The minimum atomic E-state index is 0.157. The molecule has 0 saturated carbocycles. The van der Waals surface area contributed by atoms with Crippen LogP contribution in [-0.4, -0.2) is 31.6 Å². The van der Waals surface area contributed by atoms with Crippen molar-refractivity contribution in [2.75, 3.05) is 7.05 Å². The van der Waals surface area contributed by atoms with Gasteiger partial charge in [0, 0.05) is 13.1 Å². The SMILES string of the molecule is CCCn1nncc1C(Cn1cnc2ccccc21)NC. The summed E-state index contributed by atoms with van der Waals surface area (Å²) in [5.41, 5.74) is 3.27. The molecule has 0 amide bonds. The van der Waals surface area contributed by atoms with Crippen LogP contribution in [0.4, 0.5) is 0 Å². The van der Waals surface area contributed by atoms with Gasteiger partial charge in [-0.1, -0.05) is 24.3 Å². The lowest BCUT2D eigenvalue weighted by Gasteiger charge is -2.18. The third-order valence-electron chi connectivity index (χ3n) is 3.70. The molecule has 0 fully saturated rings. The van der Waals surface area contributed by atoms with E-state index in [1.165, 1.54) is 0 Å². The minimum Gasteiger partial charge on any atom is -0.329 e. The molecule has 0 bridgehead atoms. The summed E-state index contributed by atoms with van der Waals surface area (Å²) in [5, 5.41) is 11.6. The third-order valence-corrected chi connectivity index (χ3v) is 3.70. The molecule has 6 nitrogen and oxygen atoms in total. The van der Waals surface area contributed by atoms with Crippen molar-refractivity contribution in [3.8, 4) is 0 Å². The summed E-state index contributed by atoms with van der Waals surface area (Å²) >= 11 is 0. The van der Waals surface area contributed by atoms with Crippen molar-refractivity contribution in [1.82, 2.24) is 29.9 Å². The van der Waals surface area contributed by atoms with Gasteiger partial charge < -0.3 is 9.88 Å². The predicted molar refractivity (Wildman–Crippen MR) is 81.8 cm³/mol. The van der Waals surface area contributed by atoms with Gasteiger partial charge in [0.1, 0.15) is 0 Å². The zero-order valence-corrected chi connectivity index (χ0v) is 12.4. The Bertz CT molecular complexity index is 714. The van der Waals surface area contributed by atoms with Gasteiger partial charge in [-0.15, -0.1) is 5.10 Å². The summed E-state index contributed by atoms with van der Waals surface area (Å²) < 4.78 is 4.14. The number of rotatable bonds is 6. The molecule has 0 aliphatic carbocycles. The van der Waals surface area contributed by atoms with Crippen LogP contribution in [0, 0.1) is 0 Å². The van der Waals surface area contributed by atoms with Crippen molar-refractivity contribution in [1.29, 1.82) is 0 Å². The highest BCUT2D eigenvalue weighted by Crippen LogP contribution is 2.18. The monoisotopic (exact) mass is 284 g/mol. The molecule has 3 aromatic rings. The van der Waals surface area contributed by atoms with Crippen LogP contribution in [0.5, 0.6) is 0 Å². The summed E-state index contributed by atoms with van der Waals surface area (Å²) in [5.74, 6) is 0. The van der Waals surface area contributed by atoms with Crippen molar-refractivity contribution in [2.45, 2.75) is 32.5 Å². The Kier molecular flexibility index (Phi) is 3.96. The molecule has 0 spiro atoms. The standard InChI is InChI=1S/C15H20N6/c1-3-8-21-15(9-18-19-21)13(16-2)10-20-11-17-12-6-4-5-7-14(12)20/h4-7,9,11,13,16H,3,8,10H2,1-2H3. The number of hydrogen-bond acceptors (Lipinski definition) is 4. The predicted octanol–water partition coefficient (Wildman–Crippen LogP) is 2.00. The van der Waals surface area contributed by atoms with Crippen LogP contribution in [0.2, 0.25) is 0 Å². The molecule has 1 atom stereocenters. The highest BCUT2D eigenvalue weighted by Gasteiger charge is 2.16. The van der Waals surface area contributed by atoms with Gasteiger partial charge in [0.05, 0.1) is 35.3 Å². The van der Waals surface area contributed by atoms with Crippen LogP contribution in [-0.2, 0) is 13.1 Å². The van der Waals surface area contributed by atoms with E-state index in [-0.39, 0.29) is 6.04 Å². The third kappa shape index (κ3) is 2.67. The molecule has 0 saturated heterocycles. The molecule has 2 aromatic heterocycles. The van der Waals surface area contributed by atoms with Gasteiger partial charge in [0.15, 0.2) is 0 Å². The van der Waals surface area contributed by atoms with Crippen LogP contribution in [0.1, 0.15) is 25.1 Å². The maximum atomic E-state index is 4.44. The van der Waals surface area contributed by atoms with Gasteiger partial charge in [0.2, 0.25) is 0 Å². The quantitative estimate of drug-likeness (QED) is 0.752. The fourth-order valence-corrected chi connectivity index (χ4v) is 2.61. The highest BCUT2D eigenvalue weighted by molar-refractivity contribution is 5.74. The Morgan fingerprint density at radius 2 is 2.14 bits per heavy atom. The lowest BCUT2D eigenvalue weighted by atomic mass is 10.2. The van der Waals surface area contributed by atoms with E-state index in [9.17, 15) is 0 Å². The van der Waals surface area contributed by atoms with Gasteiger partial charge in [0.25, 0.3) is 0 Å². The van der Waals surface area contributed by atoms with Crippen molar-refractivity contribution in [3.05, 3.63) is 42.5 Å². The summed E-state index contributed by atoms with van der Waals surface area (Å²) in [4.78, 5) is 4.44. The molecule has 6 heteroatoms. The summed E-state index contributed by atoms with van der Waals surface area (Å²) in [6.45, 7) is 3.83. The average molecular weight is 284 g/mol. The normalized spacial score (nSPS) is 12.9. The van der Waals surface area contributed by atoms with E-state index >= 15 is 0 Å². The van der Waals surface area contributed by atoms with Crippen LogP contribution in [0.3, 0.4) is 0 Å². The van der Waals surface area contributed by atoms with Crippen molar-refractivity contribution in [2.24, 2.45) is 0 Å². The van der Waals surface area contributed by atoms with Crippen LogP contribution >= 0.6 is 0 Å². The smallest absolute Gasteiger partial charge is 0.0958 e. The molecular weight excluding hydrogens is 264 g/mol. The summed E-state index contributed by atoms with van der Waals surface area (Å²) in [6, 6.07) is 8.33. The van der Waals surface area contributed by atoms with E-state index in [4.69, 9.17) is 0 Å². The molecule has 1 aromatic carbocycles. The van der Waals surface area contributed by atoms with Crippen LogP contribution in [0.15, 0.2) is 36.8 Å². The maximum absolute atomic E-state index is 4.44. The number of para-hydroxylation sites is 2. The van der Waals surface area contributed by atoms with Gasteiger partial charge in [-0.3, -0.25) is 0 Å². The number of aryl methyl sites for hydroxylation is 1. The van der Waals surface area contributed by atoms with Crippen LogP contribution in [0.25, 0.3) is 11.0 Å². The number of aromatic nitrogens is 5. The van der Waals surface area contributed by atoms with Crippen molar-refractivity contribution < 1.29 is 0 Å². The number of nitrogens with zero attached hydrogens (tertiary/aromatic N) is 5. The molecule has 21 heavy (non-hydrogen) atoms. The van der Waals surface area contributed by atoms with Crippen molar-refractivity contribution >= 4 is 11.0 Å². The largest absolute Gasteiger partial charge is 0.329 e. The molecule has 0 aliphatic heterocycles. The van der Waals surface area contributed by atoms with Crippen molar-refractivity contribution in [3.63, 3.8) is 0 Å². The first-order chi connectivity index (χ1) is 10.3. The van der Waals surface area contributed by atoms with E-state index in [0.29, 0.717) is 0 Å². The molecule has 3 rings (SSSR count). The topological polar surface area (TPSA) is 60.6 Å². The average Bonchev–Trinajstić information content (AvgIpc) is 3.12. The molecule has 110 valence electrons. The highest BCUT2D eigenvalue weighted by atomic mass is 15.4. The number of benzene rings is 1. The fraction of sp³-hybridized carbons (Fsp3) is 0.400. The van der Waals surface area contributed by atoms with Gasteiger partial charge in [-0.2, -0.15) is 0 Å². The number of nitrogens with one attached hydrogen (secondary N) is 1. The Morgan fingerprint density at radius 1 is 1.29 bits per heavy atom. The molecule has 0 aliphatic rings. The van der Waals surface area contributed by atoms with E-state index in [0.717, 1.165) is 36.2 Å². The molecule has 1 N–H and O–H groups in total. The summed E-state index contributed by atoms with van der Waals surface area (Å²) in [7, 11) is 1.97.